The van der Waals surface area contributed by atoms with Crippen LogP contribution in [-0.2, 0) is 17.7 Å². The topological polar surface area (TPSA) is 93.0 Å². The number of methoxy groups -OCH3 is 2. The van der Waals surface area contributed by atoms with E-state index >= 15 is 0 Å². The first-order valence-electron chi connectivity index (χ1n) is 7.83. The van der Waals surface area contributed by atoms with E-state index in [2.05, 4.69) is 10.3 Å². The minimum atomic E-state index is -0.712. The van der Waals surface area contributed by atoms with Gasteiger partial charge in [0.25, 0.3) is 6.20 Å². The Labute approximate surface area is 146 Å². The van der Waals surface area contributed by atoms with Crippen LogP contribution in [-0.4, -0.2) is 31.2 Å². The van der Waals surface area contributed by atoms with Crippen molar-refractivity contribution in [3.05, 3.63) is 30.0 Å². The van der Waals surface area contributed by atoms with Gasteiger partial charge in [0, 0.05) is 12.0 Å². The fraction of sp³-hybridized carbons (Fsp3) is 0.471. The molecule has 1 aromatic carbocycles. The Balaban J connectivity index is 1.99. The molecule has 25 heavy (non-hydrogen) atoms. The molecule has 0 aliphatic heterocycles. The van der Waals surface area contributed by atoms with Crippen LogP contribution in [0.15, 0.2) is 33.9 Å². The van der Waals surface area contributed by atoms with E-state index in [1.165, 1.54) is 0 Å². The molecule has 8 nitrogen and oxygen atoms in total. The predicted molar refractivity (Wildman–Crippen MR) is 87.9 cm³/mol. The van der Waals surface area contributed by atoms with Crippen LogP contribution >= 0.6 is 0 Å². The van der Waals surface area contributed by atoms with Crippen molar-refractivity contribution in [3.63, 3.8) is 0 Å². The monoisotopic (exact) mass is 349 g/mol. The zero-order chi connectivity index (χ0) is 18.4. The van der Waals surface area contributed by atoms with Crippen LogP contribution in [0.1, 0.15) is 26.3 Å². The third kappa shape index (κ3) is 5.66. The summed E-state index contributed by atoms with van der Waals surface area (Å²) >= 11 is 0. The van der Waals surface area contributed by atoms with Gasteiger partial charge in [-0.1, -0.05) is 31.5 Å². The molecule has 0 saturated heterocycles. The maximum absolute atomic E-state index is 11.6. The van der Waals surface area contributed by atoms with E-state index in [4.69, 9.17) is 18.7 Å². The SMILES string of the molecule is COc1ccc(CC[n+]2cc(/N=C(\[O-])OC(C)(C)C)on2)cc1OC. The third-order valence-corrected chi connectivity index (χ3v) is 3.17. The summed E-state index contributed by atoms with van der Waals surface area (Å²) in [7, 11) is 3.19. The molecule has 0 N–H and O–H groups in total. The van der Waals surface area contributed by atoms with Gasteiger partial charge in [-0.3, -0.25) is 4.52 Å². The van der Waals surface area contributed by atoms with Crippen molar-refractivity contribution >= 4 is 12.0 Å². The predicted octanol–water partition coefficient (Wildman–Crippen LogP) is 1.38. The van der Waals surface area contributed by atoms with Gasteiger partial charge in [0.2, 0.25) is 5.27 Å². The molecular formula is C17H23N3O5. The van der Waals surface area contributed by atoms with Crippen LogP contribution in [0.4, 0.5) is 5.88 Å². The van der Waals surface area contributed by atoms with Crippen LogP contribution in [0.2, 0.25) is 0 Å². The first-order valence-corrected chi connectivity index (χ1v) is 7.83. The molecule has 0 unspecified atom stereocenters. The van der Waals surface area contributed by atoms with Gasteiger partial charge in [-0.2, -0.15) is 4.99 Å². The molecule has 0 saturated carbocycles. The summed E-state index contributed by atoms with van der Waals surface area (Å²) < 4.78 is 22.2. The fourth-order valence-electron chi connectivity index (χ4n) is 2.08. The van der Waals surface area contributed by atoms with E-state index in [0.717, 1.165) is 5.56 Å². The molecule has 0 spiro atoms. The molecule has 1 heterocycles. The molecule has 136 valence electrons. The van der Waals surface area contributed by atoms with E-state index in [1.807, 2.05) is 18.2 Å². The lowest BCUT2D eigenvalue weighted by Gasteiger charge is -2.28. The first kappa shape index (κ1) is 18.6. The van der Waals surface area contributed by atoms with Crippen LogP contribution in [0, 0.1) is 0 Å². The summed E-state index contributed by atoms with van der Waals surface area (Å²) in [6.07, 6.45) is 1.53. The maximum Gasteiger partial charge on any atom is 0.323 e. The summed E-state index contributed by atoms with van der Waals surface area (Å²) in [4.78, 5) is 3.72. The van der Waals surface area contributed by atoms with Gasteiger partial charge in [-0.25, -0.2) is 0 Å². The second-order valence-electron chi connectivity index (χ2n) is 6.33. The fourth-order valence-corrected chi connectivity index (χ4v) is 2.08. The molecule has 0 atom stereocenters. The van der Waals surface area contributed by atoms with Gasteiger partial charge < -0.3 is 19.3 Å². The van der Waals surface area contributed by atoms with E-state index in [1.54, 1.807) is 45.9 Å². The Kier molecular flexibility index (Phi) is 5.84. The highest BCUT2D eigenvalue weighted by molar-refractivity contribution is 5.65. The standard InChI is InChI=1S/C17H23N3O5/c1-17(2,3)24-16(21)18-15-11-20(19-25-15)9-8-12-6-7-13(22-4)14(10-12)23-5/h6-7,10-11H,8-9H2,1-5H3. The van der Waals surface area contributed by atoms with Crippen molar-refractivity contribution in [2.24, 2.45) is 4.99 Å². The lowest BCUT2D eigenvalue weighted by Crippen LogP contribution is -2.35. The van der Waals surface area contributed by atoms with Crippen molar-refractivity contribution in [1.29, 1.82) is 0 Å². The molecule has 0 fully saturated rings. The highest BCUT2D eigenvalue weighted by Crippen LogP contribution is 2.27. The highest BCUT2D eigenvalue weighted by atomic mass is 16.6. The number of ether oxygens (including phenoxy) is 3. The van der Waals surface area contributed by atoms with E-state index < -0.39 is 11.7 Å². The van der Waals surface area contributed by atoms with Gasteiger partial charge in [-0.05, 0) is 17.7 Å². The van der Waals surface area contributed by atoms with Crippen molar-refractivity contribution in [2.75, 3.05) is 14.2 Å². The number of benzene rings is 1. The summed E-state index contributed by atoms with van der Waals surface area (Å²) in [6.45, 7) is 5.86. The third-order valence-electron chi connectivity index (χ3n) is 3.17. The molecular weight excluding hydrogens is 326 g/mol. The van der Waals surface area contributed by atoms with Gasteiger partial charge in [-0.15, -0.1) is 0 Å². The van der Waals surface area contributed by atoms with E-state index in [-0.39, 0.29) is 5.88 Å². The molecule has 0 aliphatic carbocycles. The number of hydrogen-bond donors (Lipinski definition) is 0. The summed E-state index contributed by atoms with van der Waals surface area (Å²) in [5, 5.41) is 15.5. The molecule has 1 aromatic heterocycles. The van der Waals surface area contributed by atoms with Gasteiger partial charge in [0.15, 0.2) is 24.1 Å². The lowest BCUT2D eigenvalue weighted by atomic mass is 10.1. The summed E-state index contributed by atoms with van der Waals surface area (Å²) in [6, 6.07) is 5.71. The average molecular weight is 349 g/mol. The summed E-state index contributed by atoms with van der Waals surface area (Å²) in [5.41, 5.74) is 0.447. The lowest BCUT2D eigenvalue weighted by molar-refractivity contribution is -0.761. The number of aryl methyl sites for hydroxylation is 2. The molecule has 2 rings (SSSR count). The molecule has 0 bridgehead atoms. The highest BCUT2D eigenvalue weighted by Gasteiger charge is 2.13. The zero-order valence-electron chi connectivity index (χ0n) is 15.1. The number of hydrogen-bond acceptors (Lipinski definition) is 7. The van der Waals surface area contributed by atoms with E-state index in [9.17, 15) is 5.11 Å². The van der Waals surface area contributed by atoms with Crippen molar-refractivity contribution in [2.45, 2.75) is 39.3 Å². The second kappa shape index (κ2) is 7.87. The Morgan fingerprint density at radius 3 is 2.60 bits per heavy atom. The van der Waals surface area contributed by atoms with E-state index in [0.29, 0.717) is 24.5 Å². The van der Waals surface area contributed by atoms with Crippen molar-refractivity contribution in [3.8, 4) is 11.5 Å². The molecule has 0 aliphatic rings. The van der Waals surface area contributed by atoms with Crippen molar-refractivity contribution < 1.29 is 28.5 Å². The quantitative estimate of drug-likeness (QED) is 0.444. The Morgan fingerprint density at radius 1 is 1.24 bits per heavy atom. The van der Waals surface area contributed by atoms with Crippen molar-refractivity contribution in [1.82, 2.24) is 5.27 Å². The second-order valence-corrected chi connectivity index (χ2v) is 6.33. The number of rotatable bonds is 6. The van der Waals surface area contributed by atoms with Gasteiger partial charge in [0.05, 0.1) is 14.2 Å². The van der Waals surface area contributed by atoms with Gasteiger partial charge >= 0.3 is 5.88 Å². The number of aromatic nitrogens is 2. The number of aliphatic imine (C=N–C) groups is 1. The molecule has 2 aromatic rings. The van der Waals surface area contributed by atoms with Crippen LogP contribution < -0.4 is 19.3 Å². The molecule has 0 amide bonds. The summed E-state index contributed by atoms with van der Waals surface area (Å²) in [5.74, 6) is 1.45. The Hall–Kier alpha value is -2.77. The molecule has 8 heteroatoms. The van der Waals surface area contributed by atoms with Gasteiger partial charge in [0.1, 0.15) is 0 Å². The average Bonchev–Trinajstić information content (AvgIpc) is 2.98. The maximum atomic E-state index is 11.6. The largest absolute Gasteiger partial charge is 0.594 e. The minimum absolute atomic E-state index is 0.0987. The number of nitrogens with zero attached hydrogens (tertiary/aromatic N) is 3. The van der Waals surface area contributed by atoms with Crippen LogP contribution in [0.25, 0.3) is 0 Å². The Morgan fingerprint density at radius 2 is 1.96 bits per heavy atom. The first-order chi connectivity index (χ1) is 11.8. The Bertz CT molecular complexity index is 734. The van der Waals surface area contributed by atoms with Crippen LogP contribution in [0.5, 0.6) is 11.5 Å². The molecule has 0 radical (unpaired) electrons. The smallest absolute Gasteiger partial charge is 0.323 e. The minimum Gasteiger partial charge on any atom is -0.594 e. The normalized spacial score (nSPS) is 12.1. The van der Waals surface area contributed by atoms with Crippen LogP contribution in [0.3, 0.4) is 0 Å². The zero-order valence-corrected chi connectivity index (χ0v) is 15.1.